The Hall–Kier alpha value is -2.32. The van der Waals surface area contributed by atoms with Crippen molar-refractivity contribution in [3.63, 3.8) is 0 Å². The average Bonchev–Trinajstić information content (AvgIpc) is 3.03. The van der Waals surface area contributed by atoms with Gasteiger partial charge in [0, 0.05) is 19.2 Å². The van der Waals surface area contributed by atoms with E-state index in [1.165, 1.54) is 29.7 Å². The highest BCUT2D eigenvalue weighted by molar-refractivity contribution is 7.89. The lowest BCUT2D eigenvalue weighted by Crippen LogP contribution is -2.26. The van der Waals surface area contributed by atoms with Crippen molar-refractivity contribution in [2.24, 2.45) is 0 Å². The lowest BCUT2D eigenvalue weighted by atomic mass is 10.3. The lowest BCUT2D eigenvalue weighted by molar-refractivity contribution is 0.459. The Balaban J connectivity index is 1.96. The van der Waals surface area contributed by atoms with E-state index in [1.807, 2.05) is 0 Å². The number of hydrogen-bond donors (Lipinski definition) is 2. The topological polar surface area (TPSA) is 99.2 Å². The van der Waals surface area contributed by atoms with Gasteiger partial charge in [0.05, 0.1) is 22.2 Å². The van der Waals surface area contributed by atoms with E-state index in [4.69, 9.17) is 4.42 Å². The van der Waals surface area contributed by atoms with Gasteiger partial charge in [-0.3, -0.25) is 0 Å². The molecule has 0 aliphatic heterocycles. The van der Waals surface area contributed by atoms with Crippen LogP contribution in [0.5, 0.6) is 0 Å². The third kappa shape index (κ3) is 2.46. The summed E-state index contributed by atoms with van der Waals surface area (Å²) >= 11 is 0. The first kappa shape index (κ1) is 14.6. The van der Waals surface area contributed by atoms with E-state index in [1.54, 1.807) is 19.1 Å². The Morgan fingerprint density at radius 1 is 1.18 bits per heavy atom. The van der Waals surface area contributed by atoms with E-state index in [0.717, 1.165) is 5.56 Å². The molecule has 2 N–H and O–H groups in total. The molecule has 0 radical (unpaired) electrons. The predicted molar refractivity (Wildman–Crippen MR) is 81.0 cm³/mol. The molecular formula is C14H15N3O4S. The molecule has 3 aromatic rings. The van der Waals surface area contributed by atoms with Gasteiger partial charge in [-0.05, 0) is 31.2 Å². The van der Waals surface area contributed by atoms with Crippen molar-refractivity contribution in [3.05, 3.63) is 52.3 Å². The summed E-state index contributed by atoms with van der Waals surface area (Å²) in [5.74, 6) is 0.687. The minimum atomic E-state index is -3.66. The van der Waals surface area contributed by atoms with Gasteiger partial charge in [-0.15, -0.1) is 0 Å². The number of aromatic amines is 2. The molecule has 0 spiro atoms. The quantitative estimate of drug-likeness (QED) is 0.762. The third-order valence-electron chi connectivity index (χ3n) is 3.55. The number of imidazole rings is 1. The standard InChI is InChI=1S/C14H15N3O4S/c1-9-10(5-6-21-9)8-17(2)22(19,20)11-3-4-12-13(7-11)16-14(18)15-12/h3-7H,8H2,1-2H3,(H2,15,16,18). The molecule has 1 aromatic carbocycles. The zero-order chi connectivity index (χ0) is 15.9. The Bertz CT molecular complexity index is 981. The molecule has 0 aliphatic rings. The zero-order valence-electron chi connectivity index (χ0n) is 12.1. The average molecular weight is 321 g/mol. The van der Waals surface area contributed by atoms with E-state index in [9.17, 15) is 13.2 Å². The summed E-state index contributed by atoms with van der Waals surface area (Å²) in [6.07, 6.45) is 1.53. The largest absolute Gasteiger partial charge is 0.469 e. The maximum absolute atomic E-state index is 12.6. The van der Waals surface area contributed by atoms with Gasteiger partial charge in [0.15, 0.2) is 0 Å². The number of H-pyrrole nitrogens is 2. The Morgan fingerprint density at radius 3 is 2.59 bits per heavy atom. The van der Waals surface area contributed by atoms with E-state index < -0.39 is 10.0 Å². The molecule has 0 bridgehead atoms. The van der Waals surface area contributed by atoms with Gasteiger partial charge in [-0.1, -0.05) is 0 Å². The second-order valence-corrected chi connectivity index (χ2v) is 7.09. The van der Waals surface area contributed by atoms with Gasteiger partial charge < -0.3 is 14.4 Å². The van der Waals surface area contributed by atoms with Crippen LogP contribution in [0.4, 0.5) is 0 Å². The second-order valence-electron chi connectivity index (χ2n) is 5.05. The number of rotatable bonds is 4. The maximum Gasteiger partial charge on any atom is 0.323 e. The van der Waals surface area contributed by atoms with Crippen LogP contribution >= 0.6 is 0 Å². The molecule has 0 amide bonds. The van der Waals surface area contributed by atoms with Crippen molar-refractivity contribution in [2.45, 2.75) is 18.4 Å². The van der Waals surface area contributed by atoms with Crippen molar-refractivity contribution in [1.29, 1.82) is 0 Å². The van der Waals surface area contributed by atoms with Crippen molar-refractivity contribution >= 4 is 21.1 Å². The Morgan fingerprint density at radius 2 is 1.91 bits per heavy atom. The molecule has 0 saturated carbocycles. The van der Waals surface area contributed by atoms with Crippen LogP contribution < -0.4 is 5.69 Å². The van der Waals surface area contributed by atoms with Gasteiger partial charge in [0.2, 0.25) is 10.0 Å². The highest BCUT2D eigenvalue weighted by Gasteiger charge is 2.22. The van der Waals surface area contributed by atoms with Crippen LogP contribution in [0.25, 0.3) is 11.0 Å². The number of benzene rings is 1. The predicted octanol–water partition coefficient (Wildman–Crippen LogP) is 1.58. The molecule has 0 saturated heterocycles. The van der Waals surface area contributed by atoms with Gasteiger partial charge >= 0.3 is 5.69 Å². The van der Waals surface area contributed by atoms with Gasteiger partial charge in [-0.2, -0.15) is 4.31 Å². The third-order valence-corrected chi connectivity index (χ3v) is 5.35. The van der Waals surface area contributed by atoms with E-state index in [0.29, 0.717) is 16.8 Å². The number of nitrogens with zero attached hydrogens (tertiary/aromatic N) is 1. The second kappa shape index (κ2) is 5.15. The van der Waals surface area contributed by atoms with E-state index in [2.05, 4.69) is 9.97 Å². The molecule has 8 heteroatoms. The first-order chi connectivity index (χ1) is 10.4. The SMILES string of the molecule is Cc1occc1CN(C)S(=O)(=O)c1ccc2[nH]c(=O)[nH]c2c1. The van der Waals surface area contributed by atoms with Crippen LogP contribution in [0, 0.1) is 6.92 Å². The van der Waals surface area contributed by atoms with Crippen LogP contribution in [0.1, 0.15) is 11.3 Å². The number of furan rings is 1. The molecule has 3 rings (SSSR count). The monoisotopic (exact) mass is 321 g/mol. The number of aromatic nitrogens is 2. The van der Waals surface area contributed by atoms with E-state index >= 15 is 0 Å². The van der Waals surface area contributed by atoms with Gasteiger partial charge in [0.1, 0.15) is 5.76 Å². The first-order valence-electron chi connectivity index (χ1n) is 6.59. The van der Waals surface area contributed by atoms with Crippen molar-refractivity contribution in [1.82, 2.24) is 14.3 Å². The van der Waals surface area contributed by atoms with Crippen molar-refractivity contribution in [3.8, 4) is 0 Å². The highest BCUT2D eigenvalue weighted by Crippen LogP contribution is 2.21. The lowest BCUT2D eigenvalue weighted by Gasteiger charge is -2.16. The fourth-order valence-corrected chi connectivity index (χ4v) is 3.43. The molecular weight excluding hydrogens is 306 g/mol. The molecule has 2 heterocycles. The molecule has 0 aliphatic carbocycles. The number of hydrogen-bond acceptors (Lipinski definition) is 4. The number of aryl methyl sites for hydroxylation is 1. The number of nitrogens with one attached hydrogen (secondary N) is 2. The summed E-state index contributed by atoms with van der Waals surface area (Å²) in [6, 6.07) is 6.23. The summed E-state index contributed by atoms with van der Waals surface area (Å²) in [5.41, 5.74) is 1.46. The molecule has 0 fully saturated rings. The zero-order valence-corrected chi connectivity index (χ0v) is 12.9. The minimum absolute atomic E-state index is 0.124. The fourth-order valence-electron chi connectivity index (χ4n) is 2.25. The summed E-state index contributed by atoms with van der Waals surface area (Å²) in [6.45, 7) is 2.00. The molecule has 0 atom stereocenters. The van der Waals surface area contributed by atoms with Crippen molar-refractivity contribution < 1.29 is 12.8 Å². The van der Waals surface area contributed by atoms with Crippen LogP contribution in [0.15, 0.2) is 44.6 Å². The van der Waals surface area contributed by atoms with Crippen LogP contribution in [-0.4, -0.2) is 29.7 Å². The Kier molecular flexibility index (Phi) is 3.42. The van der Waals surface area contributed by atoms with Crippen LogP contribution in [-0.2, 0) is 16.6 Å². The van der Waals surface area contributed by atoms with Gasteiger partial charge in [0.25, 0.3) is 0 Å². The highest BCUT2D eigenvalue weighted by atomic mass is 32.2. The van der Waals surface area contributed by atoms with Crippen LogP contribution in [0.3, 0.4) is 0 Å². The first-order valence-corrected chi connectivity index (χ1v) is 8.03. The number of sulfonamides is 1. The molecule has 0 unspecified atom stereocenters. The fraction of sp³-hybridized carbons (Fsp3) is 0.214. The summed E-state index contributed by atoms with van der Waals surface area (Å²) < 4.78 is 31.7. The summed E-state index contributed by atoms with van der Waals surface area (Å²) in [5, 5.41) is 0. The van der Waals surface area contributed by atoms with Gasteiger partial charge in [-0.25, -0.2) is 13.2 Å². The summed E-state index contributed by atoms with van der Waals surface area (Å²) in [4.78, 5) is 16.5. The normalized spacial score (nSPS) is 12.3. The van der Waals surface area contributed by atoms with Crippen LogP contribution in [0.2, 0.25) is 0 Å². The smallest absolute Gasteiger partial charge is 0.323 e. The molecule has 2 aromatic heterocycles. The minimum Gasteiger partial charge on any atom is -0.469 e. The summed E-state index contributed by atoms with van der Waals surface area (Å²) in [7, 11) is -2.15. The molecule has 116 valence electrons. The van der Waals surface area contributed by atoms with Crippen molar-refractivity contribution in [2.75, 3.05) is 7.05 Å². The molecule has 7 nitrogen and oxygen atoms in total. The maximum atomic E-state index is 12.6. The number of fused-ring (bicyclic) bond motifs is 1. The van der Waals surface area contributed by atoms with E-state index in [-0.39, 0.29) is 17.1 Å². The molecule has 22 heavy (non-hydrogen) atoms. The Labute approximate surface area is 126 Å².